The van der Waals surface area contributed by atoms with Gasteiger partial charge in [-0.2, -0.15) is 5.10 Å². The number of nitrogens with zero attached hydrogens (tertiary/aromatic N) is 1. The number of aromatic hydroxyl groups is 2. The third-order valence-electron chi connectivity index (χ3n) is 3.45. The molecule has 0 fully saturated rings. The van der Waals surface area contributed by atoms with Gasteiger partial charge in [0.2, 0.25) is 0 Å². The number of amides is 1. The summed E-state index contributed by atoms with van der Waals surface area (Å²) in [4.78, 5) is 12.1. The quantitative estimate of drug-likeness (QED) is 0.514. The fourth-order valence-electron chi connectivity index (χ4n) is 2.26. The minimum Gasteiger partial charge on any atom is -0.507 e. The highest BCUT2D eigenvalue weighted by molar-refractivity contribution is 6.03. The van der Waals surface area contributed by atoms with E-state index in [0.29, 0.717) is 10.9 Å². The van der Waals surface area contributed by atoms with Crippen molar-refractivity contribution in [2.75, 3.05) is 0 Å². The van der Waals surface area contributed by atoms with Crippen molar-refractivity contribution >= 4 is 22.9 Å². The Hall–Kier alpha value is -3.34. The van der Waals surface area contributed by atoms with E-state index in [1.54, 1.807) is 42.5 Å². The van der Waals surface area contributed by atoms with E-state index in [4.69, 9.17) is 0 Å². The van der Waals surface area contributed by atoms with Crippen molar-refractivity contribution in [3.8, 4) is 11.5 Å². The van der Waals surface area contributed by atoms with E-state index in [9.17, 15) is 15.0 Å². The van der Waals surface area contributed by atoms with E-state index in [1.165, 1.54) is 12.3 Å². The van der Waals surface area contributed by atoms with Gasteiger partial charge >= 0.3 is 0 Å². The number of benzene rings is 3. The Morgan fingerprint density at radius 1 is 0.957 bits per heavy atom. The van der Waals surface area contributed by atoms with Crippen molar-refractivity contribution in [3.05, 3.63) is 71.8 Å². The fraction of sp³-hybridized carbons (Fsp3) is 0. The van der Waals surface area contributed by atoms with Crippen LogP contribution in [-0.2, 0) is 0 Å². The monoisotopic (exact) mass is 306 g/mol. The lowest BCUT2D eigenvalue weighted by molar-refractivity contribution is 0.0952. The molecule has 3 N–H and O–H groups in total. The van der Waals surface area contributed by atoms with E-state index in [1.807, 2.05) is 12.1 Å². The van der Waals surface area contributed by atoms with Crippen molar-refractivity contribution in [3.63, 3.8) is 0 Å². The number of hydrogen-bond acceptors (Lipinski definition) is 4. The Bertz CT molecular complexity index is 904. The highest BCUT2D eigenvalue weighted by Gasteiger charge is 2.12. The highest BCUT2D eigenvalue weighted by Crippen LogP contribution is 2.28. The molecule has 0 saturated heterocycles. The van der Waals surface area contributed by atoms with Crippen LogP contribution in [0.25, 0.3) is 10.8 Å². The first-order chi connectivity index (χ1) is 11.2. The average Bonchev–Trinajstić information content (AvgIpc) is 2.57. The molecule has 0 atom stereocenters. The zero-order valence-electron chi connectivity index (χ0n) is 12.1. The number of fused-ring (bicyclic) bond motifs is 1. The van der Waals surface area contributed by atoms with Crippen LogP contribution in [0, 0.1) is 0 Å². The lowest BCUT2D eigenvalue weighted by Gasteiger charge is -2.06. The second-order valence-corrected chi connectivity index (χ2v) is 4.94. The molecule has 0 spiro atoms. The van der Waals surface area contributed by atoms with Crippen molar-refractivity contribution in [1.29, 1.82) is 0 Å². The standard InChI is InChI=1S/C18H14N2O3/c21-16-8-4-2-6-13(16)11-19-20-18(23)15-10-9-12-5-1-3-7-14(12)17(15)22/h1-11,21-22H,(H,20,23). The maximum Gasteiger partial charge on any atom is 0.275 e. The third-order valence-corrected chi connectivity index (χ3v) is 3.45. The van der Waals surface area contributed by atoms with Gasteiger partial charge in [0.1, 0.15) is 11.5 Å². The Labute approximate surface area is 132 Å². The van der Waals surface area contributed by atoms with Crippen LogP contribution in [0.1, 0.15) is 15.9 Å². The molecule has 23 heavy (non-hydrogen) atoms. The first-order valence-electron chi connectivity index (χ1n) is 6.99. The SMILES string of the molecule is O=C(NN=Cc1ccccc1O)c1ccc2ccccc2c1O. The molecule has 5 nitrogen and oxygen atoms in total. The minimum absolute atomic E-state index is 0.0686. The van der Waals surface area contributed by atoms with Crippen molar-refractivity contribution < 1.29 is 15.0 Å². The Kier molecular flexibility index (Phi) is 3.93. The van der Waals surface area contributed by atoms with Crippen molar-refractivity contribution in [2.45, 2.75) is 0 Å². The smallest absolute Gasteiger partial charge is 0.275 e. The van der Waals surface area contributed by atoms with Crippen LogP contribution in [0.3, 0.4) is 0 Å². The number of phenols is 2. The summed E-state index contributed by atoms with van der Waals surface area (Å²) in [6, 6.07) is 17.2. The molecule has 3 aromatic rings. The summed E-state index contributed by atoms with van der Waals surface area (Å²) in [5.74, 6) is -0.544. The summed E-state index contributed by atoms with van der Waals surface area (Å²) in [6.07, 6.45) is 1.34. The van der Waals surface area contributed by atoms with E-state index >= 15 is 0 Å². The average molecular weight is 306 g/mol. The maximum absolute atomic E-state index is 12.1. The second-order valence-electron chi connectivity index (χ2n) is 4.94. The predicted molar refractivity (Wildman–Crippen MR) is 88.8 cm³/mol. The zero-order chi connectivity index (χ0) is 16.2. The molecular weight excluding hydrogens is 292 g/mol. The van der Waals surface area contributed by atoms with Gasteiger partial charge in [-0.3, -0.25) is 4.79 Å². The molecule has 114 valence electrons. The number of carbonyl (C=O) groups is 1. The van der Waals surface area contributed by atoms with Gasteiger partial charge in [-0.05, 0) is 23.6 Å². The van der Waals surface area contributed by atoms with Crippen LogP contribution >= 0.6 is 0 Å². The van der Waals surface area contributed by atoms with Crippen molar-refractivity contribution in [1.82, 2.24) is 5.43 Å². The normalized spacial score (nSPS) is 11.0. The van der Waals surface area contributed by atoms with Gasteiger partial charge in [0, 0.05) is 10.9 Å². The molecule has 1 amide bonds. The summed E-state index contributed by atoms with van der Waals surface area (Å²) >= 11 is 0. The molecule has 5 heteroatoms. The van der Waals surface area contributed by atoms with Gasteiger partial charge < -0.3 is 10.2 Å². The van der Waals surface area contributed by atoms with E-state index < -0.39 is 5.91 Å². The molecule has 0 heterocycles. The molecule has 0 bridgehead atoms. The van der Waals surface area contributed by atoms with E-state index in [0.717, 1.165) is 5.39 Å². The molecule has 0 aromatic heterocycles. The van der Waals surface area contributed by atoms with Gasteiger partial charge in [-0.15, -0.1) is 0 Å². The molecule has 0 saturated carbocycles. The van der Waals surface area contributed by atoms with E-state index in [-0.39, 0.29) is 17.1 Å². The molecule has 0 unspecified atom stereocenters. The number of rotatable bonds is 3. The summed E-state index contributed by atoms with van der Waals surface area (Å²) in [5, 5.41) is 25.1. The first-order valence-corrected chi connectivity index (χ1v) is 6.99. The first kappa shape index (κ1) is 14.6. The predicted octanol–water partition coefficient (Wildman–Crippen LogP) is 3.01. The number of hydrazone groups is 1. The van der Waals surface area contributed by atoms with Gasteiger partial charge in [-0.25, -0.2) is 5.43 Å². The van der Waals surface area contributed by atoms with Crippen LogP contribution in [-0.4, -0.2) is 22.3 Å². The lowest BCUT2D eigenvalue weighted by atomic mass is 10.1. The second kappa shape index (κ2) is 6.19. The molecule has 0 aliphatic carbocycles. The van der Waals surface area contributed by atoms with Gasteiger partial charge in [0.25, 0.3) is 5.91 Å². The van der Waals surface area contributed by atoms with Crippen LogP contribution < -0.4 is 5.43 Å². The molecule has 0 radical (unpaired) electrons. The lowest BCUT2D eigenvalue weighted by Crippen LogP contribution is -2.17. The molecule has 0 aliphatic rings. The fourth-order valence-corrected chi connectivity index (χ4v) is 2.26. The summed E-state index contributed by atoms with van der Waals surface area (Å²) in [7, 11) is 0. The maximum atomic E-state index is 12.1. The van der Waals surface area contributed by atoms with Crippen LogP contribution in [0.15, 0.2) is 65.8 Å². The number of hydrogen-bond donors (Lipinski definition) is 3. The molecule has 0 aliphatic heterocycles. The molecular formula is C18H14N2O3. The Balaban J connectivity index is 1.81. The minimum atomic E-state index is -0.528. The van der Waals surface area contributed by atoms with Gasteiger partial charge in [0.05, 0.1) is 11.8 Å². The summed E-state index contributed by atoms with van der Waals surface area (Å²) in [6.45, 7) is 0. The Morgan fingerprint density at radius 3 is 2.52 bits per heavy atom. The van der Waals surface area contributed by atoms with Gasteiger partial charge in [0.15, 0.2) is 0 Å². The van der Waals surface area contributed by atoms with Crippen LogP contribution in [0.4, 0.5) is 0 Å². The number of carbonyl (C=O) groups excluding carboxylic acids is 1. The van der Waals surface area contributed by atoms with Crippen molar-refractivity contribution in [2.24, 2.45) is 5.10 Å². The topological polar surface area (TPSA) is 81.9 Å². The largest absolute Gasteiger partial charge is 0.507 e. The zero-order valence-corrected chi connectivity index (χ0v) is 12.1. The van der Waals surface area contributed by atoms with E-state index in [2.05, 4.69) is 10.5 Å². The van der Waals surface area contributed by atoms with Crippen LogP contribution in [0.2, 0.25) is 0 Å². The summed E-state index contributed by atoms with van der Waals surface area (Å²) in [5.41, 5.74) is 2.96. The molecule has 3 aromatic carbocycles. The molecule has 3 rings (SSSR count). The number of nitrogens with one attached hydrogen (secondary N) is 1. The number of para-hydroxylation sites is 1. The van der Waals surface area contributed by atoms with Gasteiger partial charge in [-0.1, -0.05) is 42.5 Å². The summed E-state index contributed by atoms with van der Waals surface area (Å²) < 4.78 is 0. The Morgan fingerprint density at radius 2 is 1.70 bits per heavy atom. The highest BCUT2D eigenvalue weighted by atomic mass is 16.3. The number of phenolic OH excluding ortho intramolecular Hbond substituents is 2. The van der Waals surface area contributed by atoms with Crippen LogP contribution in [0.5, 0.6) is 11.5 Å². The third kappa shape index (κ3) is 2.98.